The van der Waals surface area contributed by atoms with Gasteiger partial charge in [0.1, 0.15) is 5.76 Å². The number of aryl methyl sites for hydroxylation is 2. The summed E-state index contributed by atoms with van der Waals surface area (Å²) in [6, 6.07) is 5.34. The number of anilines is 1. The van der Waals surface area contributed by atoms with Gasteiger partial charge in [0.15, 0.2) is 0 Å². The van der Waals surface area contributed by atoms with Crippen LogP contribution in [-0.4, -0.2) is 22.5 Å². The molecule has 0 amide bonds. The zero-order valence-electron chi connectivity index (χ0n) is 12.4. The zero-order valence-corrected chi connectivity index (χ0v) is 13.2. The van der Waals surface area contributed by atoms with E-state index in [1.54, 1.807) is 12.1 Å². The van der Waals surface area contributed by atoms with Crippen LogP contribution in [0.4, 0.5) is 5.69 Å². The maximum atomic E-state index is 11.5. The van der Waals surface area contributed by atoms with Crippen molar-refractivity contribution in [1.29, 1.82) is 0 Å². The minimum atomic E-state index is -0.937. The van der Waals surface area contributed by atoms with Crippen molar-refractivity contribution in [3.8, 4) is 0 Å². The van der Waals surface area contributed by atoms with E-state index < -0.39 is 5.97 Å². The molecule has 6 heteroatoms. The van der Waals surface area contributed by atoms with Crippen molar-refractivity contribution in [3.63, 3.8) is 0 Å². The van der Waals surface area contributed by atoms with Crippen LogP contribution in [0, 0.1) is 13.8 Å². The molecule has 2 aromatic rings. The van der Waals surface area contributed by atoms with Crippen LogP contribution in [0.1, 0.15) is 40.3 Å². The molecular weight excluding hydrogens is 288 g/mol. The smallest absolute Gasteiger partial charge is 0.338 e. The lowest BCUT2D eigenvalue weighted by atomic mass is 10.1. The molecule has 1 atom stereocenters. The molecule has 112 valence electrons. The summed E-state index contributed by atoms with van der Waals surface area (Å²) >= 11 is 1.42. The fraction of sp³-hybridized carbons (Fsp3) is 0.333. The van der Waals surface area contributed by atoms with Crippen LogP contribution in [-0.2, 0) is 0 Å². The van der Waals surface area contributed by atoms with Crippen LogP contribution in [0.2, 0.25) is 0 Å². The lowest BCUT2D eigenvalue weighted by molar-refractivity contribution is 0.0694. The maximum Gasteiger partial charge on any atom is 0.338 e. The number of nitrogens with one attached hydrogen (secondary N) is 1. The maximum absolute atomic E-state index is 11.5. The number of thioether (sulfide) groups is 1. The molecular formula is C15H18N2O3S. The molecule has 0 aliphatic heterocycles. The highest BCUT2D eigenvalue weighted by atomic mass is 32.2. The molecule has 0 aliphatic carbocycles. The lowest BCUT2D eigenvalue weighted by Crippen LogP contribution is -2.12. The summed E-state index contributed by atoms with van der Waals surface area (Å²) in [6.07, 6.45) is 1.86. The summed E-state index contributed by atoms with van der Waals surface area (Å²) in [4.78, 5) is 12.3. The Bertz CT molecular complexity index is 647. The summed E-state index contributed by atoms with van der Waals surface area (Å²) in [5.41, 5.74) is 2.66. The van der Waals surface area contributed by atoms with E-state index in [0.717, 1.165) is 21.9 Å². The van der Waals surface area contributed by atoms with Gasteiger partial charge >= 0.3 is 5.97 Å². The molecule has 5 nitrogen and oxygen atoms in total. The molecule has 1 aromatic heterocycles. The zero-order chi connectivity index (χ0) is 15.6. The molecule has 0 saturated carbocycles. The Labute approximate surface area is 127 Å². The number of aromatic nitrogens is 1. The first-order valence-electron chi connectivity index (χ1n) is 6.55. The second-order valence-corrected chi connectivity index (χ2v) is 5.64. The normalized spacial score (nSPS) is 12.2. The largest absolute Gasteiger partial charge is 0.478 e. The topological polar surface area (TPSA) is 75.4 Å². The summed E-state index contributed by atoms with van der Waals surface area (Å²) in [5, 5.41) is 16.6. The Balaban J connectivity index is 2.38. The molecule has 1 heterocycles. The molecule has 2 rings (SSSR count). The third-order valence-electron chi connectivity index (χ3n) is 3.35. The number of aromatic carboxylic acids is 1. The Kier molecular flexibility index (Phi) is 4.57. The first-order chi connectivity index (χ1) is 9.95. The highest BCUT2D eigenvalue weighted by molar-refractivity contribution is 7.98. The Morgan fingerprint density at radius 1 is 1.43 bits per heavy atom. The van der Waals surface area contributed by atoms with Crippen molar-refractivity contribution in [2.24, 2.45) is 0 Å². The predicted octanol–water partition coefficient (Wildman–Crippen LogP) is 3.88. The van der Waals surface area contributed by atoms with E-state index in [9.17, 15) is 9.90 Å². The fourth-order valence-electron chi connectivity index (χ4n) is 2.46. The van der Waals surface area contributed by atoms with Crippen LogP contribution in [0.5, 0.6) is 0 Å². The van der Waals surface area contributed by atoms with E-state index in [4.69, 9.17) is 4.52 Å². The Morgan fingerprint density at radius 3 is 2.67 bits per heavy atom. The second kappa shape index (κ2) is 6.22. The van der Waals surface area contributed by atoms with Gasteiger partial charge in [-0.05, 0) is 39.2 Å². The first kappa shape index (κ1) is 15.4. The predicted molar refractivity (Wildman–Crippen MR) is 83.2 cm³/mol. The number of nitrogens with zero attached hydrogens (tertiary/aromatic N) is 1. The average Bonchev–Trinajstić information content (AvgIpc) is 2.77. The molecule has 1 aromatic carbocycles. The standard InChI is InChI=1S/C15H18N2O3S/c1-8(13-9(2)17-20-10(13)3)16-11-6-5-7-12(21-4)14(11)15(18)19/h5-8,16H,1-4H3,(H,18,19). The monoisotopic (exact) mass is 306 g/mol. The number of hydrogen-bond acceptors (Lipinski definition) is 5. The van der Waals surface area contributed by atoms with Gasteiger partial charge < -0.3 is 14.9 Å². The highest BCUT2D eigenvalue weighted by Crippen LogP contribution is 2.31. The minimum Gasteiger partial charge on any atom is -0.478 e. The van der Waals surface area contributed by atoms with Crippen molar-refractivity contribution < 1.29 is 14.4 Å². The van der Waals surface area contributed by atoms with Crippen LogP contribution >= 0.6 is 11.8 Å². The number of hydrogen-bond donors (Lipinski definition) is 2. The number of rotatable bonds is 5. The van der Waals surface area contributed by atoms with Crippen LogP contribution in [0.3, 0.4) is 0 Å². The molecule has 0 radical (unpaired) electrons. The van der Waals surface area contributed by atoms with Gasteiger partial charge in [0, 0.05) is 10.5 Å². The molecule has 0 fully saturated rings. The summed E-state index contributed by atoms with van der Waals surface area (Å²) in [6.45, 7) is 5.69. The van der Waals surface area contributed by atoms with Crippen molar-refractivity contribution in [2.75, 3.05) is 11.6 Å². The quantitative estimate of drug-likeness (QED) is 0.816. The lowest BCUT2D eigenvalue weighted by Gasteiger charge is -2.18. The molecule has 2 N–H and O–H groups in total. The van der Waals surface area contributed by atoms with Crippen molar-refractivity contribution in [3.05, 3.63) is 40.8 Å². The fourth-order valence-corrected chi connectivity index (χ4v) is 3.07. The summed E-state index contributed by atoms with van der Waals surface area (Å²) < 4.78 is 5.17. The van der Waals surface area contributed by atoms with Gasteiger partial charge in [-0.1, -0.05) is 11.2 Å². The van der Waals surface area contributed by atoms with E-state index in [2.05, 4.69) is 10.5 Å². The summed E-state index contributed by atoms with van der Waals surface area (Å²) in [7, 11) is 0. The van der Waals surface area contributed by atoms with E-state index >= 15 is 0 Å². The molecule has 0 saturated heterocycles. The number of benzene rings is 1. The first-order valence-corrected chi connectivity index (χ1v) is 7.77. The number of carboxylic acids is 1. The molecule has 1 unspecified atom stereocenters. The van der Waals surface area contributed by atoms with Gasteiger partial charge in [0.05, 0.1) is 23.0 Å². The second-order valence-electron chi connectivity index (χ2n) is 4.79. The van der Waals surface area contributed by atoms with Crippen LogP contribution in [0.15, 0.2) is 27.6 Å². The Morgan fingerprint density at radius 2 is 2.14 bits per heavy atom. The van der Waals surface area contributed by atoms with Gasteiger partial charge in [-0.2, -0.15) is 0 Å². The average molecular weight is 306 g/mol. The van der Waals surface area contributed by atoms with Gasteiger partial charge in [0.2, 0.25) is 0 Å². The third-order valence-corrected chi connectivity index (χ3v) is 4.13. The summed E-state index contributed by atoms with van der Waals surface area (Å²) in [5.74, 6) is -0.196. The minimum absolute atomic E-state index is 0.0912. The van der Waals surface area contributed by atoms with Gasteiger partial charge in [-0.3, -0.25) is 0 Å². The molecule has 0 spiro atoms. The van der Waals surface area contributed by atoms with E-state index in [-0.39, 0.29) is 6.04 Å². The SMILES string of the molecule is CSc1cccc(NC(C)c2c(C)noc2C)c1C(=O)O. The van der Waals surface area contributed by atoms with Crippen molar-refractivity contribution >= 4 is 23.4 Å². The Hall–Kier alpha value is -1.95. The third kappa shape index (κ3) is 3.05. The van der Waals surface area contributed by atoms with E-state index in [1.165, 1.54) is 11.8 Å². The molecule has 0 bridgehead atoms. The van der Waals surface area contributed by atoms with Gasteiger partial charge in [0.25, 0.3) is 0 Å². The van der Waals surface area contributed by atoms with Gasteiger partial charge in [-0.15, -0.1) is 11.8 Å². The van der Waals surface area contributed by atoms with Crippen LogP contribution < -0.4 is 5.32 Å². The molecule has 0 aliphatic rings. The number of carboxylic acid groups (broad SMARTS) is 1. The number of carbonyl (C=O) groups is 1. The van der Waals surface area contributed by atoms with Gasteiger partial charge in [-0.25, -0.2) is 4.79 Å². The van der Waals surface area contributed by atoms with E-state index in [0.29, 0.717) is 11.3 Å². The van der Waals surface area contributed by atoms with Crippen LogP contribution in [0.25, 0.3) is 0 Å². The highest BCUT2D eigenvalue weighted by Gasteiger charge is 2.20. The van der Waals surface area contributed by atoms with Crippen molar-refractivity contribution in [2.45, 2.75) is 31.7 Å². The van der Waals surface area contributed by atoms with Crippen molar-refractivity contribution in [1.82, 2.24) is 5.16 Å². The van der Waals surface area contributed by atoms with E-state index in [1.807, 2.05) is 33.1 Å². The molecule has 21 heavy (non-hydrogen) atoms.